The van der Waals surface area contributed by atoms with E-state index in [0.717, 1.165) is 12.8 Å². The van der Waals surface area contributed by atoms with Crippen LogP contribution in [0.1, 0.15) is 26.7 Å². The zero-order chi connectivity index (χ0) is 10.1. The van der Waals surface area contributed by atoms with Crippen molar-refractivity contribution in [3.05, 3.63) is 0 Å². The molecular formula is C9H18ClNO2. The first-order chi connectivity index (χ1) is 6.20. The van der Waals surface area contributed by atoms with Gasteiger partial charge in [-0.1, -0.05) is 0 Å². The number of nitrogens with one attached hydrogen (secondary N) is 1. The average Bonchev–Trinajstić information content (AvgIpc) is 2.11. The molecule has 4 heteroatoms. The predicted molar refractivity (Wildman–Crippen MR) is 54.1 cm³/mol. The van der Waals surface area contributed by atoms with Gasteiger partial charge >= 0.3 is 0 Å². The molecule has 0 aliphatic heterocycles. The van der Waals surface area contributed by atoms with Crippen LogP contribution in [-0.4, -0.2) is 31.0 Å². The molecule has 0 rings (SSSR count). The molecule has 0 aromatic carbocycles. The van der Waals surface area contributed by atoms with Gasteiger partial charge < -0.3 is 10.1 Å². The van der Waals surface area contributed by atoms with Gasteiger partial charge in [0.2, 0.25) is 5.91 Å². The molecule has 0 aromatic heterocycles. The molecule has 13 heavy (non-hydrogen) atoms. The second-order valence-electron chi connectivity index (χ2n) is 2.94. The van der Waals surface area contributed by atoms with Crippen molar-refractivity contribution >= 4 is 17.5 Å². The molecule has 1 atom stereocenters. The van der Waals surface area contributed by atoms with Crippen molar-refractivity contribution in [2.24, 2.45) is 0 Å². The van der Waals surface area contributed by atoms with Crippen molar-refractivity contribution in [2.75, 3.05) is 19.1 Å². The molecule has 3 nitrogen and oxygen atoms in total. The number of rotatable bonds is 7. The number of alkyl halides is 1. The van der Waals surface area contributed by atoms with E-state index in [4.69, 9.17) is 16.3 Å². The van der Waals surface area contributed by atoms with Crippen LogP contribution in [0.4, 0.5) is 0 Å². The van der Waals surface area contributed by atoms with Gasteiger partial charge in [-0.2, -0.15) is 0 Å². The normalized spacial score (nSPS) is 12.5. The van der Waals surface area contributed by atoms with Gasteiger partial charge in [0.15, 0.2) is 0 Å². The molecule has 0 aliphatic carbocycles. The summed E-state index contributed by atoms with van der Waals surface area (Å²) in [7, 11) is 0. The SMILES string of the molecule is CCOCC(=O)NC(C)CCCCl. The fourth-order valence-corrected chi connectivity index (χ4v) is 1.12. The minimum Gasteiger partial charge on any atom is -0.372 e. The molecule has 0 fully saturated rings. The van der Waals surface area contributed by atoms with Gasteiger partial charge in [-0.3, -0.25) is 4.79 Å². The molecule has 0 saturated carbocycles. The third kappa shape index (κ3) is 8.06. The van der Waals surface area contributed by atoms with E-state index in [0.29, 0.717) is 12.5 Å². The fourth-order valence-electron chi connectivity index (χ4n) is 0.967. The zero-order valence-corrected chi connectivity index (χ0v) is 9.06. The van der Waals surface area contributed by atoms with Crippen LogP contribution in [0.3, 0.4) is 0 Å². The number of halogens is 1. The summed E-state index contributed by atoms with van der Waals surface area (Å²) < 4.78 is 4.96. The maximum Gasteiger partial charge on any atom is 0.246 e. The van der Waals surface area contributed by atoms with E-state index in [2.05, 4.69) is 5.32 Å². The number of carbonyl (C=O) groups excluding carboxylic acids is 1. The van der Waals surface area contributed by atoms with Crippen LogP contribution in [0, 0.1) is 0 Å². The molecule has 0 radical (unpaired) electrons. The highest BCUT2D eigenvalue weighted by atomic mass is 35.5. The van der Waals surface area contributed by atoms with Gasteiger partial charge in [0.05, 0.1) is 0 Å². The largest absolute Gasteiger partial charge is 0.372 e. The molecular weight excluding hydrogens is 190 g/mol. The van der Waals surface area contributed by atoms with Crippen molar-refractivity contribution in [2.45, 2.75) is 32.7 Å². The topological polar surface area (TPSA) is 38.3 Å². The smallest absolute Gasteiger partial charge is 0.246 e. The van der Waals surface area contributed by atoms with Crippen molar-refractivity contribution < 1.29 is 9.53 Å². The van der Waals surface area contributed by atoms with Gasteiger partial charge in [-0.25, -0.2) is 0 Å². The number of carbonyl (C=O) groups is 1. The zero-order valence-electron chi connectivity index (χ0n) is 8.31. The van der Waals surface area contributed by atoms with E-state index in [1.807, 2.05) is 13.8 Å². The standard InChI is InChI=1S/C9H18ClNO2/c1-3-13-7-9(12)11-8(2)5-4-6-10/h8H,3-7H2,1-2H3,(H,11,12). The molecule has 0 spiro atoms. The lowest BCUT2D eigenvalue weighted by molar-refractivity contribution is -0.126. The molecule has 0 bridgehead atoms. The first kappa shape index (κ1) is 12.7. The lowest BCUT2D eigenvalue weighted by Crippen LogP contribution is -2.35. The summed E-state index contributed by atoms with van der Waals surface area (Å²) in [5.74, 6) is 0.593. The monoisotopic (exact) mass is 207 g/mol. The van der Waals surface area contributed by atoms with Gasteiger partial charge in [0, 0.05) is 18.5 Å². The summed E-state index contributed by atoms with van der Waals surface area (Å²) in [4.78, 5) is 11.1. The number of hydrogen-bond donors (Lipinski definition) is 1. The molecule has 0 saturated heterocycles. The molecule has 0 aliphatic rings. The third-order valence-corrected chi connectivity index (χ3v) is 1.88. The maximum absolute atomic E-state index is 11.1. The van der Waals surface area contributed by atoms with Crippen molar-refractivity contribution in [1.29, 1.82) is 0 Å². The molecule has 1 N–H and O–H groups in total. The Morgan fingerprint density at radius 1 is 1.62 bits per heavy atom. The molecule has 0 heterocycles. The Hall–Kier alpha value is -0.280. The van der Waals surface area contributed by atoms with Crippen LogP contribution >= 0.6 is 11.6 Å². The number of ether oxygens (including phenoxy) is 1. The molecule has 0 aromatic rings. The van der Waals surface area contributed by atoms with Crippen LogP contribution in [-0.2, 0) is 9.53 Å². The van der Waals surface area contributed by atoms with Crippen LogP contribution in [0.25, 0.3) is 0 Å². The lowest BCUT2D eigenvalue weighted by Gasteiger charge is -2.12. The maximum atomic E-state index is 11.1. The lowest BCUT2D eigenvalue weighted by atomic mass is 10.2. The summed E-state index contributed by atoms with van der Waals surface area (Å²) in [6, 6.07) is 0.187. The third-order valence-electron chi connectivity index (χ3n) is 1.62. The van der Waals surface area contributed by atoms with Crippen LogP contribution in [0.2, 0.25) is 0 Å². The Bertz CT molecular complexity index is 142. The number of amides is 1. The first-order valence-electron chi connectivity index (χ1n) is 4.63. The molecule has 78 valence electrons. The number of hydrogen-bond acceptors (Lipinski definition) is 2. The Morgan fingerprint density at radius 2 is 2.31 bits per heavy atom. The van der Waals surface area contributed by atoms with Crippen molar-refractivity contribution in [1.82, 2.24) is 5.32 Å². The second kappa shape index (κ2) is 8.32. The van der Waals surface area contributed by atoms with Crippen molar-refractivity contribution in [3.8, 4) is 0 Å². The van der Waals surface area contributed by atoms with Crippen LogP contribution in [0.15, 0.2) is 0 Å². The van der Waals surface area contributed by atoms with Gasteiger partial charge in [0.1, 0.15) is 6.61 Å². The second-order valence-corrected chi connectivity index (χ2v) is 3.31. The van der Waals surface area contributed by atoms with E-state index in [1.165, 1.54) is 0 Å². The average molecular weight is 208 g/mol. The van der Waals surface area contributed by atoms with Gasteiger partial charge in [0.25, 0.3) is 0 Å². The first-order valence-corrected chi connectivity index (χ1v) is 5.17. The van der Waals surface area contributed by atoms with E-state index in [9.17, 15) is 4.79 Å². The minimum absolute atomic E-state index is 0.0519. The molecule has 1 unspecified atom stereocenters. The van der Waals surface area contributed by atoms with Crippen LogP contribution < -0.4 is 5.32 Å². The van der Waals surface area contributed by atoms with Gasteiger partial charge in [-0.15, -0.1) is 11.6 Å². The van der Waals surface area contributed by atoms with E-state index in [1.54, 1.807) is 0 Å². The summed E-state index contributed by atoms with van der Waals surface area (Å²) in [5.41, 5.74) is 0. The highest BCUT2D eigenvalue weighted by Crippen LogP contribution is 1.97. The Labute approximate surface area is 84.8 Å². The van der Waals surface area contributed by atoms with E-state index in [-0.39, 0.29) is 18.6 Å². The Kier molecular flexibility index (Phi) is 8.14. The quantitative estimate of drug-likeness (QED) is 0.644. The highest BCUT2D eigenvalue weighted by Gasteiger charge is 2.05. The van der Waals surface area contributed by atoms with Gasteiger partial charge in [-0.05, 0) is 26.7 Å². The molecule has 1 amide bonds. The summed E-state index contributed by atoms with van der Waals surface area (Å²) >= 11 is 5.53. The van der Waals surface area contributed by atoms with E-state index >= 15 is 0 Å². The Morgan fingerprint density at radius 3 is 2.85 bits per heavy atom. The highest BCUT2D eigenvalue weighted by molar-refractivity contribution is 6.17. The summed E-state index contributed by atoms with van der Waals surface area (Å²) in [6.45, 7) is 4.56. The Balaban J connectivity index is 3.41. The van der Waals surface area contributed by atoms with E-state index < -0.39 is 0 Å². The summed E-state index contributed by atoms with van der Waals surface area (Å²) in [5, 5.41) is 2.83. The van der Waals surface area contributed by atoms with Crippen molar-refractivity contribution in [3.63, 3.8) is 0 Å². The minimum atomic E-state index is -0.0519. The van der Waals surface area contributed by atoms with Crippen LogP contribution in [0.5, 0.6) is 0 Å². The predicted octanol–water partition coefficient (Wildman–Crippen LogP) is 1.55. The summed E-state index contributed by atoms with van der Waals surface area (Å²) in [6.07, 6.45) is 1.85. The fraction of sp³-hybridized carbons (Fsp3) is 0.889.